The highest BCUT2D eigenvalue weighted by Gasteiger charge is 2.30. The summed E-state index contributed by atoms with van der Waals surface area (Å²) in [6, 6.07) is 10.1. The van der Waals surface area contributed by atoms with Crippen LogP contribution < -0.4 is 15.4 Å². The number of nitrogens with two attached hydrogens (primary N) is 1. The molecule has 1 aromatic heterocycles. The van der Waals surface area contributed by atoms with Crippen LogP contribution in [0.4, 0.5) is 23.2 Å². The normalized spacial score (nSPS) is 11.3. The molecule has 6 nitrogen and oxygen atoms in total. The molecule has 0 spiro atoms. The highest BCUT2D eigenvalue weighted by atomic mass is 35.5. The second kappa shape index (κ2) is 9.86. The first-order valence-corrected chi connectivity index (χ1v) is 10.2. The van der Waals surface area contributed by atoms with Gasteiger partial charge in [-0.1, -0.05) is 35.3 Å². The molecule has 34 heavy (non-hydrogen) atoms. The third kappa shape index (κ3) is 5.57. The van der Waals surface area contributed by atoms with Gasteiger partial charge in [-0.2, -0.15) is 13.2 Å². The van der Waals surface area contributed by atoms with Crippen molar-refractivity contribution >= 4 is 40.7 Å². The van der Waals surface area contributed by atoms with Crippen LogP contribution in [0.1, 0.15) is 20.8 Å². The van der Waals surface area contributed by atoms with Crippen molar-refractivity contribution in [2.75, 3.05) is 18.6 Å². The van der Waals surface area contributed by atoms with E-state index in [-0.39, 0.29) is 38.4 Å². The van der Waals surface area contributed by atoms with Crippen molar-refractivity contribution in [2.24, 2.45) is 5.73 Å². The number of ether oxygens (including phenoxy) is 1. The predicted octanol–water partition coefficient (Wildman–Crippen LogP) is 5.51. The molecular weight excluding hydrogens is 501 g/mol. The van der Waals surface area contributed by atoms with E-state index in [0.29, 0.717) is 0 Å². The fourth-order valence-corrected chi connectivity index (χ4v) is 3.43. The minimum Gasteiger partial charge on any atom is -0.482 e. The first-order chi connectivity index (χ1) is 15.9. The second-order valence-electron chi connectivity index (χ2n) is 6.94. The summed E-state index contributed by atoms with van der Waals surface area (Å²) in [7, 11) is 1.22. The maximum atomic E-state index is 14.2. The van der Waals surface area contributed by atoms with Crippen molar-refractivity contribution in [2.45, 2.75) is 6.18 Å². The van der Waals surface area contributed by atoms with Crippen LogP contribution in [-0.2, 0) is 0 Å². The van der Waals surface area contributed by atoms with E-state index in [2.05, 4.69) is 4.98 Å². The molecule has 0 aliphatic carbocycles. The number of primary amides is 1. The van der Waals surface area contributed by atoms with E-state index in [1.807, 2.05) is 0 Å². The average Bonchev–Trinajstić information content (AvgIpc) is 2.76. The number of carbonyl (C=O) groups excluding carboxylic acids is 2. The summed E-state index contributed by atoms with van der Waals surface area (Å²) in [5.41, 5.74) is 4.77. The molecule has 178 valence electrons. The molecule has 0 saturated carbocycles. The smallest absolute Gasteiger partial charge is 0.422 e. The topological polar surface area (TPSA) is 85.5 Å². The number of pyridine rings is 1. The molecule has 0 unspecified atom stereocenters. The van der Waals surface area contributed by atoms with Gasteiger partial charge in [0.15, 0.2) is 6.61 Å². The lowest BCUT2D eigenvalue weighted by Crippen LogP contribution is -2.28. The Kier molecular flexibility index (Phi) is 7.32. The van der Waals surface area contributed by atoms with Gasteiger partial charge in [-0.3, -0.25) is 9.59 Å². The molecule has 1 heterocycles. The van der Waals surface area contributed by atoms with Crippen LogP contribution in [0.15, 0.2) is 48.5 Å². The maximum absolute atomic E-state index is 14.2. The molecule has 2 aromatic carbocycles. The number of anilines is 1. The Balaban J connectivity index is 2.10. The number of aromatic nitrogens is 1. The third-order valence-electron chi connectivity index (χ3n) is 4.57. The number of nitrogens with zero attached hydrogens (tertiary/aromatic N) is 2. The summed E-state index contributed by atoms with van der Waals surface area (Å²) in [4.78, 5) is 29.3. The average molecular weight is 516 g/mol. The zero-order valence-electron chi connectivity index (χ0n) is 17.3. The van der Waals surface area contributed by atoms with E-state index in [0.717, 1.165) is 17.0 Å². The van der Waals surface area contributed by atoms with E-state index in [1.54, 1.807) is 0 Å². The number of hydrogen-bond acceptors (Lipinski definition) is 4. The largest absolute Gasteiger partial charge is 0.482 e. The highest BCUT2D eigenvalue weighted by Crippen LogP contribution is 2.37. The van der Waals surface area contributed by atoms with Crippen LogP contribution in [0, 0.1) is 5.82 Å². The van der Waals surface area contributed by atoms with Crippen molar-refractivity contribution in [3.8, 4) is 17.0 Å². The van der Waals surface area contributed by atoms with Crippen LogP contribution in [0.25, 0.3) is 11.3 Å². The number of carbonyl (C=O) groups is 2. The molecular formula is C22H15Cl2F4N3O3. The summed E-state index contributed by atoms with van der Waals surface area (Å²) in [5.74, 6) is -3.03. The minimum absolute atomic E-state index is 0.0486. The van der Waals surface area contributed by atoms with Crippen molar-refractivity contribution in [3.63, 3.8) is 0 Å². The number of alkyl halides is 3. The lowest BCUT2D eigenvalue weighted by Gasteiger charge is -2.23. The van der Waals surface area contributed by atoms with Crippen LogP contribution in [0.3, 0.4) is 0 Å². The minimum atomic E-state index is -4.69. The van der Waals surface area contributed by atoms with Crippen LogP contribution in [-0.4, -0.2) is 36.6 Å². The Morgan fingerprint density at radius 1 is 1.09 bits per heavy atom. The third-order valence-corrected chi connectivity index (χ3v) is 5.19. The number of amides is 2. The standard InChI is InChI=1S/C22H15Cl2F4N3O3/c1-31(21(33)18-12(23)3-2-4-14(18)25)16-8-5-11(9-17(16)34-10-22(26,27)28)19-13(24)6-7-15(30-19)20(29)32/h2-9H,10H2,1H3,(H2,29,32). The molecule has 12 heteroatoms. The molecule has 0 saturated heterocycles. The van der Waals surface area contributed by atoms with Gasteiger partial charge in [-0.05, 0) is 36.4 Å². The summed E-state index contributed by atoms with van der Waals surface area (Å²) in [6.07, 6.45) is -4.69. The Labute approximate surface area is 200 Å². The fraction of sp³-hybridized carbons (Fsp3) is 0.136. The number of benzene rings is 2. The van der Waals surface area contributed by atoms with Gasteiger partial charge in [0.25, 0.3) is 11.8 Å². The molecule has 0 aliphatic rings. The summed E-state index contributed by atoms with van der Waals surface area (Å²) in [5, 5.41) is -0.0902. The molecule has 0 bridgehead atoms. The summed E-state index contributed by atoms with van der Waals surface area (Å²) < 4.78 is 57.8. The Bertz CT molecular complexity index is 1250. The molecule has 0 aliphatic heterocycles. The van der Waals surface area contributed by atoms with Crippen LogP contribution in [0.5, 0.6) is 5.75 Å². The lowest BCUT2D eigenvalue weighted by molar-refractivity contribution is -0.153. The maximum Gasteiger partial charge on any atom is 0.422 e. The van der Waals surface area contributed by atoms with Gasteiger partial charge >= 0.3 is 6.18 Å². The van der Waals surface area contributed by atoms with Crippen molar-refractivity contribution < 1.29 is 31.9 Å². The number of hydrogen-bond donors (Lipinski definition) is 1. The van der Waals surface area contributed by atoms with Gasteiger partial charge in [0, 0.05) is 12.6 Å². The van der Waals surface area contributed by atoms with Gasteiger partial charge in [0.2, 0.25) is 0 Å². The second-order valence-corrected chi connectivity index (χ2v) is 7.75. The highest BCUT2D eigenvalue weighted by molar-refractivity contribution is 6.34. The SMILES string of the molecule is CN(C(=O)c1c(F)cccc1Cl)c1ccc(-c2nc(C(N)=O)ccc2Cl)cc1OCC(F)(F)F. The summed E-state index contributed by atoms with van der Waals surface area (Å²) >= 11 is 12.1. The lowest BCUT2D eigenvalue weighted by atomic mass is 10.1. The first kappa shape index (κ1) is 25.3. The van der Waals surface area contributed by atoms with Crippen LogP contribution >= 0.6 is 23.2 Å². The molecule has 2 N–H and O–H groups in total. The van der Waals surface area contributed by atoms with E-state index in [1.165, 1.54) is 43.4 Å². The van der Waals surface area contributed by atoms with E-state index in [4.69, 9.17) is 33.7 Å². The Morgan fingerprint density at radius 3 is 2.41 bits per heavy atom. The molecule has 3 rings (SSSR count). The molecule has 2 amide bonds. The molecule has 0 fully saturated rings. The van der Waals surface area contributed by atoms with Gasteiger partial charge < -0.3 is 15.4 Å². The van der Waals surface area contributed by atoms with Crippen molar-refractivity contribution in [1.82, 2.24) is 4.98 Å². The molecule has 3 aromatic rings. The predicted molar refractivity (Wildman–Crippen MR) is 119 cm³/mol. The summed E-state index contributed by atoms with van der Waals surface area (Å²) in [6.45, 7) is -1.67. The molecule has 0 atom stereocenters. The van der Waals surface area contributed by atoms with E-state index in [9.17, 15) is 27.2 Å². The van der Waals surface area contributed by atoms with E-state index < -0.39 is 36.0 Å². The monoisotopic (exact) mass is 515 g/mol. The van der Waals surface area contributed by atoms with Gasteiger partial charge in [-0.15, -0.1) is 0 Å². The quantitative estimate of drug-likeness (QED) is 0.438. The number of rotatable bonds is 6. The Hall–Kier alpha value is -3.37. The van der Waals surface area contributed by atoms with Gasteiger partial charge in [0.1, 0.15) is 17.3 Å². The zero-order valence-corrected chi connectivity index (χ0v) is 18.8. The van der Waals surface area contributed by atoms with E-state index >= 15 is 0 Å². The first-order valence-electron chi connectivity index (χ1n) is 9.41. The zero-order chi connectivity index (χ0) is 25.2. The van der Waals surface area contributed by atoms with Crippen LogP contribution in [0.2, 0.25) is 10.0 Å². The van der Waals surface area contributed by atoms with Crippen molar-refractivity contribution in [3.05, 3.63) is 75.7 Å². The van der Waals surface area contributed by atoms with Gasteiger partial charge in [-0.25, -0.2) is 9.37 Å². The van der Waals surface area contributed by atoms with Crippen molar-refractivity contribution in [1.29, 1.82) is 0 Å². The number of halogens is 6. The Morgan fingerprint density at radius 2 is 1.79 bits per heavy atom. The molecule has 0 radical (unpaired) electrons. The van der Waals surface area contributed by atoms with Gasteiger partial charge in [0.05, 0.1) is 27.0 Å². The fourth-order valence-electron chi connectivity index (χ4n) is 2.97.